The maximum atomic E-state index is 12.2. The number of carbonyl (C=O) groups is 1. The van der Waals surface area contributed by atoms with Gasteiger partial charge in [-0.25, -0.2) is 9.55 Å². The molecule has 0 saturated heterocycles. The van der Waals surface area contributed by atoms with Gasteiger partial charge in [0.25, 0.3) is 5.82 Å². The lowest BCUT2D eigenvalue weighted by molar-refractivity contribution is -0.678. The summed E-state index contributed by atoms with van der Waals surface area (Å²) in [7, 11) is 1.89. The van der Waals surface area contributed by atoms with Gasteiger partial charge in [-0.3, -0.25) is 4.79 Å². The van der Waals surface area contributed by atoms with E-state index in [1.807, 2.05) is 55.1 Å². The van der Waals surface area contributed by atoms with E-state index in [4.69, 9.17) is 0 Å². The molecule has 0 radical (unpaired) electrons. The first-order valence-corrected chi connectivity index (χ1v) is 6.38. The Labute approximate surface area is 129 Å². The minimum absolute atomic E-state index is 0. The first-order valence-electron chi connectivity index (χ1n) is 6.38. The summed E-state index contributed by atoms with van der Waals surface area (Å²) in [4.78, 5) is 15.2. The van der Waals surface area contributed by atoms with Gasteiger partial charge in [-0.05, 0) is 12.5 Å². The molecule has 20 heavy (non-hydrogen) atoms. The Morgan fingerprint density at radius 1 is 1.35 bits per heavy atom. The van der Waals surface area contributed by atoms with Gasteiger partial charge in [0.15, 0.2) is 5.78 Å². The van der Waals surface area contributed by atoms with E-state index in [1.165, 1.54) is 0 Å². The van der Waals surface area contributed by atoms with Crippen LogP contribution in [0.4, 0.5) is 0 Å². The maximum Gasteiger partial charge on any atom is 0.264 e. The number of H-pyrrole nitrogens is 1. The molecule has 0 fully saturated rings. The minimum atomic E-state index is -0.739. The molecule has 0 amide bonds. The minimum Gasteiger partial charge on any atom is -1.00 e. The number of carbonyl (C=O) groups excluding carboxylic acids is 1. The first-order chi connectivity index (χ1) is 9.09. The van der Waals surface area contributed by atoms with Crippen molar-refractivity contribution in [2.24, 2.45) is 7.05 Å². The summed E-state index contributed by atoms with van der Waals surface area (Å²) in [5.74, 6) is 0.623. The van der Waals surface area contributed by atoms with Crippen LogP contribution >= 0.6 is 0 Å². The number of benzene rings is 1. The molecule has 1 aromatic carbocycles. The molecule has 0 aliphatic rings. The SMILES string of the molecule is CC(C(=O)CC(O)c1ccccc1)c1[nH]cc[n+]1C.[Br-]. The van der Waals surface area contributed by atoms with Crippen molar-refractivity contribution in [3.8, 4) is 0 Å². The summed E-state index contributed by atoms with van der Waals surface area (Å²) < 4.78 is 1.89. The van der Waals surface area contributed by atoms with Crippen molar-refractivity contribution in [3.05, 3.63) is 54.1 Å². The predicted octanol–water partition coefficient (Wildman–Crippen LogP) is -1.36. The van der Waals surface area contributed by atoms with Gasteiger partial charge in [0.05, 0.1) is 13.2 Å². The van der Waals surface area contributed by atoms with Gasteiger partial charge in [-0.1, -0.05) is 30.3 Å². The molecule has 5 heteroatoms. The number of aryl methyl sites for hydroxylation is 1. The van der Waals surface area contributed by atoms with Crippen molar-refractivity contribution >= 4 is 5.78 Å². The van der Waals surface area contributed by atoms with Crippen molar-refractivity contribution in [2.75, 3.05) is 0 Å². The molecular formula is C15H19BrN2O2. The van der Waals surface area contributed by atoms with Gasteiger partial charge in [-0.15, -0.1) is 0 Å². The van der Waals surface area contributed by atoms with E-state index in [2.05, 4.69) is 4.98 Å². The number of aromatic amines is 1. The second-order valence-electron chi connectivity index (χ2n) is 4.77. The zero-order valence-electron chi connectivity index (χ0n) is 11.6. The molecule has 2 N–H and O–H groups in total. The van der Waals surface area contributed by atoms with Crippen LogP contribution in [0.1, 0.15) is 36.8 Å². The van der Waals surface area contributed by atoms with E-state index >= 15 is 0 Å². The quantitative estimate of drug-likeness (QED) is 0.661. The molecule has 0 aliphatic heterocycles. The Hall–Kier alpha value is -1.46. The molecule has 4 nitrogen and oxygen atoms in total. The molecule has 2 atom stereocenters. The molecule has 0 spiro atoms. The monoisotopic (exact) mass is 338 g/mol. The van der Waals surface area contributed by atoms with Crippen molar-refractivity contribution < 1.29 is 31.4 Å². The molecule has 0 saturated carbocycles. The Kier molecular flexibility index (Phi) is 6.10. The van der Waals surface area contributed by atoms with Crippen LogP contribution in [0, 0.1) is 0 Å². The van der Waals surface area contributed by atoms with Crippen LogP contribution in [-0.2, 0) is 11.8 Å². The van der Waals surface area contributed by atoms with Gasteiger partial charge in [0, 0.05) is 6.42 Å². The molecule has 1 aromatic heterocycles. The predicted molar refractivity (Wildman–Crippen MR) is 71.4 cm³/mol. The van der Waals surface area contributed by atoms with Crippen molar-refractivity contribution in [1.29, 1.82) is 0 Å². The number of aliphatic hydroxyl groups excluding tert-OH is 1. The summed E-state index contributed by atoms with van der Waals surface area (Å²) in [5, 5.41) is 10.1. The third-order valence-electron chi connectivity index (χ3n) is 3.38. The highest BCUT2D eigenvalue weighted by molar-refractivity contribution is 5.84. The van der Waals surface area contributed by atoms with Crippen molar-refractivity contribution in [3.63, 3.8) is 0 Å². The van der Waals surface area contributed by atoms with Crippen molar-refractivity contribution in [2.45, 2.75) is 25.4 Å². The number of aromatic nitrogens is 2. The van der Waals surface area contributed by atoms with Gasteiger partial charge in [0.1, 0.15) is 18.3 Å². The fourth-order valence-electron chi connectivity index (χ4n) is 2.16. The van der Waals surface area contributed by atoms with Crippen LogP contribution in [0.5, 0.6) is 0 Å². The number of Topliss-reactive ketones (excluding diaryl/α,β-unsaturated/α-hetero) is 1. The van der Waals surface area contributed by atoms with Gasteiger partial charge in [-0.2, -0.15) is 0 Å². The van der Waals surface area contributed by atoms with Crippen LogP contribution in [0.3, 0.4) is 0 Å². The summed E-state index contributed by atoms with van der Waals surface area (Å²) in [6.07, 6.45) is 3.06. The highest BCUT2D eigenvalue weighted by Crippen LogP contribution is 2.21. The summed E-state index contributed by atoms with van der Waals surface area (Å²) >= 11 is 0. The van der Waals surface area contributed by atoms with E-state index in [1.54, 1.807) is 6.20 Å². The fourth-order valence-corrected chi connectivity index (χ4v) is 2.16. The van der Waals surface area contributed by atoms with Crippen molar-refractivity contribution in [1.82, 2.24) is 4.98 Å². The number of ketones is 1. The lowest BCUT2D eigenvalue weighted by Gasteiger charge is -2.12. The Morgan fingerprint density at radius 3 is 2.55 bits per heavy atom. The standard InChI is InChI=1S/C15H18N2O2.BrH/c1-11(15-16-8-9-17(15)2)13(18)10-14(19)12-6-4-3-5-7-12;/h3-9,11,14,19H,10H2,1-2H3;1H. The average Bonchev–Trinajstić information content (AvgIpc) is 2.85. The van der Waals surface area contributed by atoms with E-state index in [0.29, 0.717) is 0 Å². The van der Waals surface area contributed by atoms with Crippen LogP contribution in [-0.4, -0.2) is 15.9 Å². The Bertz CT molecular complexity index is 554. The van der Waals surface area contributed by atoms with Gasteiger partial charge < -0.3 is 22.1 Å². The molecule has 2 aromatic rings. The molecule has 108 valence electrons. The largest absolute Gasteiger partial charge is 1.00 e. The molecule has 2 unspecified atom stereocenters. The number of rotatable bonds is 5. The number of aliphatic hydroxyl groups is 1. The number of imidazole rings is 1. The number of hydrogen-bond acceptors (Lipinski definition) is 2. The van der Waals surface area contributed by atoms with Gasteiger partial charge >= 0.3 is 0 Å². The maximum absolute atomic E-state index is 12.2. The topological polar surface area (TPSA) is 57.0 Å². The molecule has 0 bridgehead atoms. The van der Waals surface area contributed by atoms with Crippen LogP contribution in [0.2, 0.25) is 0 Å². The summed E-state index contributed by atoms with van der Waals surface area (Å²) in [5.41, 5.74) is 0.777. The number of halogens is 1. The normalized spacial score (nSPS) is 13.3. The number of hydrogen-bond donors (Lipinski definition) is 2. The summed E-state index contributed by atoms with van der Waals surface area (Å²) in [6, 6.07) is 9.27. The van der Waals surface area contributed by atoms with E-state index in [9.17, 15) is 9.90 Å². The highest BCUT2D eigenvalue weighted by Gasteiger charge is 2.26. The number of nitrogens with zero attached hydrogens (tertiary/aromatic N) is 1. The smallest absolute Gasteiger partial charge is 0.264 e. The molecule has 2 rings (SSSR count). The van der Waals surface area contributed by atoms with E-state index in [-0.39, 0.29) is 35.1 Å². The molecule has 0 aliphatic carbocycles. The molecule has 1 heterocycles. The Balaban J connectivity index is 0.00000200. The Morgan fingerprint density at radius 2 is 2.00 bits per heavy atom. The molecular weight excluding hydrogens is 320 g/mol. The van der Waals surface area contributed by atoms with Crippen LogP contribution in [0.15, 0.2) is 42.7 Å². The van der Waals surface area contributed by atoms with Crippen LogP contribution < -0.4 is 21.5 Å². The summed E-state index contributed by atoms with van der Waals surface area (Å²) in [6.45, 7) is 1.85. The first kappa shape index (κ1) is 16.6. The lowest BCUT2D eigenvalue weighted by atomic mass is 9.97. The van der Waals surface area contributed by atoms with Crippen LogP contribution in [0.25, 0.3) is 0 Å². The fraction of sp³-hybridized carbons (Fsp3) is 0.333. The zero-order chi connectivity index (χ0) is 13.8. The zero-order valence-corrected chi connectivity index (χ0v) is 13.2. The second-order valence-corrected chi connectivity index (χ2v) is 4.77. The van der Waals surface area contributed by atoms with E-state index in [0.717, 1.165) is 11.4 Å². The van der Waals surface area contributed by atoms with Gasteiger partial charge in [0.2, 0.25) is 0 Å². The highest BCUT2D eigenvalue weighted by atomic mass is 79.9. The van der Waals surface area contributed by atoms with E-state index < -0.39 is 6.10 Å². The third-order valence-corrected chi connectivity index (χ3v) is 3.38. The number of nitrogens with one attached hydrogen (secondary N) is 1. The second kappa shape index (κ2) is 7.36. The lowest BCUT2D eigenvalue weighted by Crippen LogP contribution is -3.00. The average molecular weight is 339 g/mol. The third kappa shape index (κ3) is 3.77.